The highest BCUT2D eigenvalue weighted by Crippen LogP contribution is 2.31. The van der Waals surface area contributed by atoms with E-state index in [1.807, 2.05) is 6.07 Å². The minimum atomic E-state index is 0.0500. The number of hydrogen-bond acceptors (Lipinski definition) is 4. The smallest absolute Gasteiger partial charge is 0.220 e. The fraction of sp³-hybridized carbons (Fsp3) is 0.632. The lowest BCUT2D eigenvalue weighted by Gasteiger charge is -2.50. The van der Waals surface area contributed by atoms with E-state index in [0.717, 1.165) is 44.8 Å². The molecule has 0 saturated carbocycles. The first kappa shape index (κ1) is 17.1. The molecular weight excluding hydrogens is 302 g/mol. The van der Waals surface area contributed by atoms with Gasteiger partial charge in [-0.3, -0.25) is 9.69 Å². The second-order valence-electron chi connectivity index (χ2n) is 7.47. The van der Waals surface area contributed by atoms with Crippen LogP contribution in [0.4, 0.5) is 5.69 Å². The summed E-state index contributed by atoms with van der Waals surface area (Å²) in [6.07, 6.45) is 2.68. The van der Waals surface area contributed by atoms with Crippen molar-refractivity contribution >= 4 is 11.6 Å². The van der Waals surface area contributed by atoms with Gasteiger partial charge in [-0.25, -0.2) is 0 Å². The number of nitrogens with one attached hydrogen (secondary N) is 1. The summed E-state index contributed by atoms with van der Waals surface area (Å²) in [6.45, 7) is 8.47. The number of methoxy groups -OCH3 is 1. The highest BCUT2D eigenvalue weighted by Gasteiger charge is 2.36. The molecule has 2 heterocycles. The van der Waals surface area contributed by atoms with E-state index < -0.39 is 0 Å². The Morgan fingerprint density at radius 1 is 1.25 bits per heavy atom. The average molecular weight is 331 g/mol. The van der Waals surface area contributed by atoms with E-state index in [9.17, 15) is 4.79 Å². The van der Waals surface area contributed by atoms with Crippen LogP contribution in [0.3, 0.4) is 0 Å². The Morgan fingerprint density at radius 3 is 2.83 bits per heavy atom. The summed E-state index contributed by atoms with van der Waals surface area (Å²) >= 11 is 0. The molecule has 1 aromatic rings. The summed E-state index contributed by atoms with van der Waals surface area (Å²) in [4.78, 5) is 16.6. The Labute approximate surface area is 145 Å². The SMILES string of the molecule is COc1cccc(N2CCN([C@@H]3CCNC(=O)CC3)CC2(C)C)c1. The van der Waals surface area contributed by atoms with Gasteiger partial charge in [-0.1, -0.05) is 6.07 Å². The summed E-state index contributed by atoms with van der Waals surface area (Å²) in [5.74, 6) is 1.10. The van der Waals surface area contributed by atoms with E-state index in [4.69, 9.17) is 4.74 Å². The summed E-state index contributed by atoms with van der Waals surface area (Å²) < 4.78 is 5.38. The molecule has 0 aromatic heterocycles. The maximum absolute atomic E-state index is 11.6. The standard InChI is InChI=1S/C19H29N3O2/c1-19(2)14-21(15-7-8-18(23)20-10-9-15)11-12-22(19)16-5-4-6-17(13-16)24-3/h4-6,13,15H,7-12,14H2,1-3H3,(H,20,23)/t15-/m0/s1. The van der Waals surface area contributed by atoms with E-state index in [2.05, 4.69) is 47.2 Å². The lowest BCUT2D eigenvalue weighted by atomic mass is 9.95. The van der Waals surface area contributed by atoms with Crippen molar-refractivity contribution in [3.8, 4) is 5.75 Å². The lowest BCUT2D eigenvalue weighted by Crippen LogP contribution is -2.61. The molecule has 2 aliphatic rings. The number of carbonyl (C=O) groups is 1. The summed E-state index contributed by atoms with van der Waals surface area (Å²) in [5, 5.41) is 2.99. The van der Waals surface area contributed by atoms with Crippen LogP contribution in [0, 0.1) is 0 Å². The van der Waals surface area contributed by atoms with E-state index in [1.54, 1.807) is 7.11 Å². The second kappa shape index (κ2) is 7.01. The van der Waals surface area contributed by atoms with Crippen molar-refractivity contribution in [3.05, 3.63) is 24.3 Å². The van der Waals surface area contributed by atoms with Crippen molar-refractivity contribution in [3.63, 3.8) is 0 Å². The van der Waals surface area contributed by atoms with Gasteiger partial charge in [0.15, 0.2) is 0 Å². The first-order chi connectivity index (χ1) is 11.5. The molecule has 132 valence electrons. The van der Waals surface area contributed by atoms with E-state index in [-0.39, 0.29) is 11.4 Å². The van der Waals surface area contributed by atoms with Crippen molar-refractivity contribution < 1.29 is 9.53 Å². The molecule has 0 unspecified atom stereocenters. The number of carbonyl (C=O) groups excluding carboxylic acids is 1. The van der Waals surface area contributed by atoms with Gasteiger partial charge in [-0.15, -0.1) is 0 Å². The van der Waals surface area contributed by atoms with Gasteiger partial charge in [-0.2, -0.15) is 0 Å². The number of ether oxygens (including phenoxy) is 1. The van der Waals surface area contributed by atoms with Crippen LogP contribution in [0.15, 0.2) is 24.3 Å². The molecule has 2 fully saturated rings. The third kappa shape index (κ3) is 3.66. The van der Waals surface area contributed by atoms with Crippen molar-refractivity contribution in [1.29, 1.82) is 0 Å². The second-order valence-corrected chi connectivity index (χ2v) is 7.47. The molecule has 1 aromatic carbocycles. The molecule has 0 radical (unpaired) electrons. The predicted molar refractivity (Wildman–Crippen MR) is 96.6 cm³/mol. The van der Waals surface area contributed by atoms with Crippen LogP contribution in [0.25, 0.3) is 0 Å². The number of nitrogens with zero attached hydrogens (tertiary/aromatic N) is 2. The van der Waals surface area contributed by atoms with Crippen LogP contribution in [0.5, 0.6) is 5.75 Å². The molecule has 24 heavy (non-hydrogen) atoms. The largest absolute Gasteiger partial charge is 0.497 e. The summed E-state index contributed by atoms with van der Waals surface area (Å²) in [7, 11) is 1.71. The van der Waals surface area contributed by atoms with Gasteiger partial charge in [-0.05, 0) is 38.8 Å². The number of rotatable bonds is 3. The quantitative estimate of drug-likeness (QED) is 0.923. The van der Waals surface area contributed by atoms with Gasteiger partial charge >= 0.3 is 0 Å². The lowest BCUT2D eigenvalue weighted by molar-refractivity contribution is -0.120. The maximum Gasteiger partial charge on any atom is 0.220 e. The topological polar surface area (TPSA) is 44.8 Å². The number of piperazine rings is 1. The van der Waals surface area contributed by atoms with Gasteiger partial charge in [0.25, 0.3) is 0 Å². The molecule has 1 N–H and O–H groups in total. The van der Waals surface area contributed by atoms with Crippen LogP contribution in [-0.2, 0) is 4.79 Å². The monoisotopic (exact) mass is 331 g/mol. The van der Waals surface area contributed by atoms with Crippen LogP contribution in [0.1, 0.15) is 33.1 Å². The minimum absolute atomic E-state index is 0.0500. The zero-order valence-corrected chi connectivity index (χ0v) is 15.0. The van der Waals surface area contributed by atoms with Crippen LogP contribution >= 0.6 is 0 Å². The summed E-state index contributed by atoms with van der Waals surface area (Å²) in [5.41, 5.74) is 1.27. The molecule has 1 amide bonds. The zero-order valence-electron chi connectivity index (χ0n) is 15.0. The van der Waals surface area contributed by atoms with Gasteiger partial charge in [0, 0.05) is 55.9 Å². The Morgan fingerprint density at radius 2 is 2.08 bits per heavy atom. The van der Waals surface area contributed by atoms with Crippen LogP contribution in [0.2, 0.25) is 0 Å². The van der Waals surface area contributed by atoms with Crippen molar-refractivity contribution in [2.24, 2.45) is 0 Å². The van der Waals surface area contributed by atoms with Gasteiger partial charge in [0.1, 0.15) is 5.75 Å². The molecule has 1 atom stereocenters. The van der Waals surface area contributed by atoms with Gasteiger partial charge in [0.2, 0.25) is 5.91 Å². The van der Waals surface area contributed by atoms with Crippen LogP contribution in [-0.4, -0.2) is 55.7 Å². The molecule has 2 aliphatic heterocycles. The molecule has 0 aliphatic carbocycles. The predicted octanol–water partition coefficient (Wildman–Crippen LogP) is 2.26. The van der Waals surface area contributed by atoms with Crippen LogP contribution < -0.4 is 15.0 Å². The number of amides is 1. The van der Waals surface area contributed by atoms with Crippen molar-refractivity contribution in [2.45, 2.75) is 44.7 Å². The average Bonchev–Trinajstić information content (AvgIpc) is 2.78. The number of hydrogen-bond donors (Lipinski definition) is 1. The van der Waals surface area contributed by atoms with Crippen molar-refractivity contribution in [1.82, 2.24) is 10.2 Å². The first-order valence-corrected chi connectivity index (χ1v) is 8.92. The zero-order chi connectivity index (χ0) is 17.2. The Balaban J connectivity index is 1.71. The normalized spacial score (nSPS) is 25.0. The van der Waals surface area contributed by atoms with Gasteiger partial charge in [0.05, 0.1) is 7.11 Å². The van der Waals surface area contributed by atoms with Crippen molar-refractivity contribution in [2.75, 3.05) is 38.2 Å². The van der Waals surface area contributed by atoms with Gasteiger partial charge < -0.3 is 15.0 Å². The molecule has 5 heteroatoms. The van der Waals surface area contributed by atoms with E-state index >= 15 is 0 Å². The Bertz CT molecular complexity index is 588. The Kier molecular flexibility index (Phi) is 4.99. The highest BCUT2D eigenvalue weighted by atomic mass is 16.5. The minimum Gasteiger partial charge on any atom is -0.497 e. The molecule has 0 bridgehead atoms. The number of benzene rings is 1. The third-order valence-electron chi connectivity index (χ3n) is 5.32. The fourth-order valence-corrected chi connectivity index (χ4v) is 4.03. The number of anilines is 1. The Hall–Kier alpha value is -1.75. The molecule has 0 spiro atoms. The highest BCUT2D eigenvalue weighted by molar-refractivity contribution is 5.76. The first-order valence-electron chi connectivity index (χ1n) is 8.92. The molecule has 3 rings (SSSR count). The maximum atomic E-state index is 11.6. The van der Waals surface area contributed by atoms with E-state index in [0.29, 0.717) is 12.5 Å². The molecular formula is C19H29N3O2. The summed E-state index contributed by atoms with van der Waals surface area (Å²) in [6, 6.07) is 8.83. The molecule has 5 nitrogen and oxygen atoms in total. The third-order valence-corrected chi connectivity index (χ3v) is 5.32. The molecule has 2 saturated heterocycles. The van der Waals surface area contributed by atoms with E-state index in [1.165, 1.54) is 5.69 Å². The fourth-order valence-electron chi connectivity index (χ4n) is 4.03.